The Morgan fingerprint density at radius 2 is 2.00 bits per heavy atom. The molecule has 1 aromatic heterocycles. The molecule has 0 aromatic carbocycles. The maximum atomic E-state index is 12.3. The summed E-state index contributed by atoms with van der Waals surface area (Å²) in [6, 6.07) is 2.72. The van der Waals surface area contributed by atoms with E-state index in [0.717, 1.165) is 4.68 Å². The number of ether oxygens (including phenoxy) is 1. The van der Waals surface area contributed by atoms with Crippen LogP contribution in [0.3, 0.4) is 0 Å². The first-order chi connectivity index (χ1) is 9.60. The highest BCUT2D eigenvalue weighted by Gasteiger charge is 2.29. The number of hydrogen-bond donors (Lipinski definition) is 1. The molecule has 0 aliphatic carbocycles. The van der Waals surface area contributed by atoms with E-state index in [1.54, 1.807) is 0 Å². The van der Waals surface area contributed by atoms with Crippen LogP contribution >= 0.6 is 15.9 Å². The number of nitrogens with zero attached hydrogens (tertiary/aromatic N) is 3. The van der Waals surface area contributed by atoms with Crippen LogP contribution in [0.25, 0.3) is 0 Å². The highest BCUT2D eigenvalue weighted by Crippen LogP contribution is 2.21. The van der Waals surface area contributed by atoms with Gasteiger partial charge < -0.3 is 9.84 Å². The molecule has 0 amide bonds. The molecule has 118 valence electrons. The molecule has 9 heteroatoms. The molecule has 0 saturated carbocycles. The summed E-state index contributed by atoms with van der Waals surface area (Å²) in [6.45, 7) is 4.92. The highest BCUT2D eigenvalue weighted by atomic mass is 79.9. The van der Waals surface area contributed by atoms with Crippen molar-refractivity contribution in [3.63, 3.8) is 0 Å². The van der Waals surface area contributed by atoms with Crippen LogP contribution in [0.1, 0.15) is 19.5 Å². The third-order valence-corrected chi connectivity index (χ3v) is 2.66. The SMILES string of the molecule is C=Nn1c(C(C)(C)O)ccc(OCC(F)(F)F)c1=NCBr. The molecule has 0 aliphatic rings. The fraction of sp³-hybridized carbons (Fsp3) is 0.500. The third-order valence-electron chi connectivity index (χ3n) is 2.41. The predicted octanol–water partition coefficient (Wildman–Crippen LogP) is 2.37. The Kier molecular flexibility index (Phi) is 5.57. The fourth-order valence-corrected chi connectivity index (χ4v) is 1.84. The van der Waals surface area contributed by atoms with Crippen molar-refractivity contribution < 1.29 is 23.0 Å². The Morgan fingerprint density at radius 3 is 2.43 bits per heavy atom. The molecule has 0 fully saturated rings. The van der Waals surface area contributed by atoms with E-state index in [0.29, 0.717) is 5.69 Å². The van der Waals surface area contributed by atoms with E-state index in [1.165, 1.54) is 26.0 Å². The second kappa shape index (κ2) is 6.61. The van der Waals surface area contributed by atoms with Gasteiger partial charge in [-0.15, -0.1) is 0 Å². The average Bonchev–Trinajstić information content (AvgIpc) is 2.34. The van der Waals surface area contributed by atoms with Gasteiger partial charge in [0.2, 0.25) is 0 Å². The molecular weight excluding hydrogens is 355 g/mol. The number of aliphatic hydroxyl groups is 1. The van der Waals surface area contributed by atoms with Crippen molar-refractivity contribution in [2.24, 2.45) is 10.1 Å². The number of alkyl halides is 4. The number of rotatable bonds is 5. The van der Waals surface area contributed by atoms with Gasteiger partial charge in [-0.2, -0.15) is 18.3 Å². The Balaban J connectivity index is 3.42. The summed E-state index contributed by atoms with van der Waals surface area (Å²) in [7, 11) is 0. The summed E-state index contributed by atoms with van der Waals surface area (Å²) in [6.07, 6.45) is -4.47. The molecule has 1 heterocycles. The standard InChI is InChI=1S/C12H15BrF3N3O2/c1-11(2,20)9-5-4-8(21-6-12(14,15)16)10(18-7-13)19(9)17-3/h4-5,20H,3,6-7H2,1-2H3. The van der Waals surface area contributed by atoms with Crippen LogP contribution in [0.4, 0.5) is 13.2 Å². The zero-order valence-electron chi connectivity index (χ0n) is 11.5. The van der Waals surface area contributed by atoms with Gasteiger partial charge in [0, 0.05) is 6.72 Å². The summed E-state index contributed by atoms with van der Waals surface area (Å²) in [5, 5.41) is 13.8. The lowest BCUT2D eigenvalue weighted by Crippen LogP contribution is -2.31. The first kappa shape index (κ1) is 17.7. The Labute approximate surface area is 127 Å². The van der Waals surface area contributed by atoms with Crippen molar-refractivity contribution in [1.82, 2.24) is 4.68 Å². The van der Waals surface area contributed by atoms with E-state index in [1.807, 2.05) is 0 Å². The molecule has 0 bridgehead atoms. The van der Waals surface area contributed by atoms with Crippen molar-refractivity contribution in [1.29, 1.82) is 0 Å². The number of halogens is 4. The molecule has 1 rings (SSSR count). The van der Waals surface area contributed by atoms with Crippen LogP contribution < -0.4 is 10.2 Å². The molecule has 0 aliphatic heterocycles. The van der Waals surface area contributed by atoms with Crippen molar-refractivity contribution in [2.45, 2.75) is 25.6 Å². The summed E-state index contributed by atoms with van der Waals surface area (Å²) < 4.78 is 42.7. The molecule has 5 nitrogen and oxygen atoms in total. The van der Waals surface area contributed by atoms with Crippen LogP contribution in [0.15, 0.2) is 22.2 Å². The molecule has 0 atom stereocenters. The Bertz CT molecular complexity index is 577. The number of hydrogen-bond acceptors (Lipinski definition) is 4. The molecule has 1 N–H and O–H groups in total. The van der Waals surface area contributed by atoms with E-state index >= 15 is 0 Å². The summed E-state index contributed by atoms with van der Waals surface area (Å²) >= 11 is 3.07. The molecule has 0 saturated heterocycles. The Morgan fingerprint density at radius 1 is 1.38 bits per heavy atom. The smallest absolute Gasteiger partial charge is 0.422 e. The summed E-state index contributed by atoms with van der Waals surface area (Å²) in [4.78, 5) is 3.99. The van der Waals surface area contributed by atoms with E-state index in [2.05, 4.69) is 32.7 Å². The van der Waals surface area contributed by atoms with Crippen molar-refractivity contribution in [3.05, 3.63) is 23.3 Å². The summed E-state index contributed by atoms with van der Waals surface area (Å²) in [5.41, 5.74) is -0.803. The zero-order chi connectivity index (χ0) is 16.3. The average molecular weight is 370 g/mol. The Hall–Kier alpha value is -1.35. The molecule has 1 aromatic rings. The lowest BCUT2D eigenvalue weighted by Gasteiger charge is -2.22. The van der Waals surface area contributed by atoms with Crippen LogP contribution in [0.2, 0.25) is 0 Å². The van der Waals surface area contributed by atoms with E-state index in [4.69, 9.17) is 4.74 Å². The van der Waals surface area contributed by atoms with Gasteiger partial charge in [0.1, 0.15) is 5.60 Å². The highest BCUT2D eigenvalue weighted by molar-refractivity contribution is 9.09. The fourth-order valence-electron chi connectivity index (χ4n) is 1.60. The molecule has 0 radical (unpaired) electrons. The van der Waals surface area contributed by atoms with Crippen molar-refractivity contribution in [3.8, 4) is 5.75 Å². The predicted molar refractivity (Wildman–Crippen MR) is 75.5 cm³/mol. The van der Waals surface area contributed by atoms with E-state index in [-0.39, 0.29) is 16.7 Å². The first-order valence-electron chi connectivity index (χ1n) is 5.82. The molecular formula is C12H15BrF3N3O2. The van der Waals surface area contributed by atoms with Gasteiger partial charge in [0.05, 0.1) is 11.1 Å². The van der Waals surface area contributed by atoms with Gasteiger partial charge in [0.15, 0.2) is 17.8 Å². The topological polar surface area (TPSA) is 59.1 Å². The van der Waals surface area contributed by atoms with Gasteiger partial charge in [-0.1, -0.05) is 15.9 Å². The van der Waals surface area contributed by atoms with Gasteiger partial charge >= 0.3 is 6.18 Å². The minimum absolute atomic E-state index is 0.0331. The van der Waals surface area contributed by atoms with Gasteiger partial charge in [-0.3, -0.25) is 4.99 Å². The normalized spacial score (nSPS) is 13.4. The van der Waals surface area contributed by atoms with Gasteiger partial charge in [0.25, 0.3) is 0 Å². The monoisotopic (exact) mass is 369 g/mol. The van der Waals surface area contributed by atoms with Gasteiger partial charge in [-0.05, 0) is 26.0 Å². The van der Waals surface area contributed by atoms with Crippen LogP contribution in [0.5, 0.6) is 5.75 Å². The first-order valence-corrected chi connectivity index (χ1v) is 6.94. The van der Waals surface area contributed by atoms with Gasteiger partial charge in [-0.25, -0.2) is 4.68 Å². The zero-order valence-corrected chi connectivity index (χ0v) is 13.1. The van der Waals surface area contributed by atoms with Crippen molar-refractivity contribution >= 4 is 22.6 Å². The van der Waals surface area contributed by atoms with E-state index in [9.17, 15) is 18.3 Å². The number of pyridine rings is 1. The molecule has 0 spiro atoms. The maximum Gasteiger partial charge on any atom is 0.422 e. The van der Waals surface area contributed by atoms with Crippen LogP contribution in [-0.2, 0) is 5.60 Å². The second-order valence-electron chi connectivity index (χ2n) is 4.60. The maximum absolute atomic E-state index is 12.3. The molecule has 0 unspecified atom stereocenters. The lowest BCUT2D eigenvalue weighted by molar-refractivity contribution is -0.153. The quantitative estimate of drug-likeness (QED) is 0.492. The van der Waals surface area contributed by atoms with Crippen LogP contribution in [-0.4, -0.2) is 34.7 Å². The lowest BCUT2D eigenvalue weighted by atomic mass is 10.0. The van der Waals surface area contributed by atoms with Crippen LogP contribution in [0, 0.1) is 0 Å². The third kappa shape index (κ3) is 4.85. The minimum atomic E-state index is -4.47. The largest absolute Gasteiger partial charge is 0.480 e. The van der Waals surface area contributed by atoms with E-state index < -0.39 is 18.4 Å². The van der Waals surface area contributed by atoms with Crippen molar-refractivity contribution in [2.75, 3.05) is 12.1 Å². The number of aromatic nitrogens is 1. The minimum Gasteiger partial charge on any atom is -0.480 e. The molecule has 21 heavy (non-hydrogen) atoms. The summed E-state index contributed by atoms with van der Waals surface area (Å²) in [5.74, 6) is -0.104. The second-order valence-corrected chi connectivity index (χ2v) is 5.10.